The second-order valence-corrected chi connectivity index (χ2v) is 5.08. The molecule has 4 nitrogen and oxygen atoms in total. The second kappa shape index (κ2) is 8.05. The summed E-state index contributed by atoms with van der Waals surface area (Å²) < 4.78 is 75.5. The van der Waals surface area contributed by atoms with Crippen LogP contribution < -0.4 is 0 Å². The summed E-state index contributed by atoms with van der Waals surface area (Å²) in [6.45, 7) is 1.46. The van der Waals surface area contributed by atoms with Crippen LogP contribution in [0.25, 0.3) is 0 Å². The normalized spacial score (nSPS) is 19.0. The van der Waals surface area contributed by atoms with Crippen molar-refractivity contribution < 1.29 is 41.0 Å². The standard InChI is InChI=1S/C13H19F5O4/c1-2-11(19)22-10(7-9-3-5-20-6-4-9)8-21-13(17,18)12(14,15)16/h9-10H,2-8H2,1H3. The lowest BCUT2D eigenvalue weighted by molar-refractivity contribution is -0.394. The molecule has 0 amide bonds. The van der Waals surface area contributed by atoms with Crippen LogP contribution in [0.15, 0.2) is 0 Å². The van der Waals surface area contributed by atoms with E-state index >= 15 is 0 Å². The van der Waals surface area contributed by atoms with Crippen LogP contribution in [0, 0.1) is 5.92 Å². The Morgan fingerprint density at radius 1 is 1.23 bits per heavy atom. The highest BCUT2D eigenvalue weighted by Crippen LogP contribution is 2.36. The molecule has 1 aliphatic heterocycles. The topological polar surface area (TPSA) is 44.8 Å². The largest absolute Gasteiger partial charge is 0.482 e. The average Bonchev–Trinajstić information content (AvgIpc) is 2.44. The number of carbonyl (C=O) groups is 1. The van der Waals surface area contributed by atoms with Crippen LogP contribution in [-0.2, 0) is 19.0 Å². The fraction of sp³-hybridized carbons (Fsp3) is 0.923. The zero-order valence-corrected chi connectivity index (χ0v) is 12.1. The lowest BCUT2D eigenvalue weighted by atomic mass is 9.94. The molecular weight excluding hydrogens is 315 g/mol. The summed E-state index contributed by atoms with van der Waals surface area (Å²) in [5.74, 6) is -0.637. The van der Waals surface area contributed by atoms with E-state index in [4.69, 9.17) is 9.47 Å². The monoisotopic (exact) mass is 334 g/mol. The Hall–Kier alpha value is -0.960. The molecule has 1 unspecified atom stereocenters. The molecule has 1 heterocycles. The van der Waals surface area contributed by atoms with Crippen molar-refractivity contribution in [3.05, 3.63) is 0 Å². The number of carbonyl (C=O) groups excluding carboxylic acids is 1. The van der Waals surface area contributed by atoms with Crippen molar-refractivity contribution in [3.63, 3.8) is 0 Å². The van der Waals surface area contributed by atoms with Crippen molar-refractivity contribution in [1.82, 2.24) is 0 Å². The van der Waals surface area contributed by atoms with E-state index < -0.39 is 31.0 Å². The predicted octanol–water partition coefficient (Wildman–Crippen LogP) is 3.30. The number of ether oxygens (including phenoxy) is 3. The second-order valence-electron chi connectivity index (χ2n) is 5.08. The van der Waals surface area contributed by atoms with E-state index in [1.165, 1.54) is 6.92 Å². The molecule has 0 aromatic carbocycles. The summed E-state index contributed by atoms with van der Waals surface area (Å²) in [5.41, 5.74) is 0. The quantitative estimate of drug-likeness (QED) is 0.529. The maximum Gasteiger partial charge on any atom is 0.482 e. The molecule has 1 rings (SSSR count). The highest BCUT2D eigenvalue weighted by molar-refractivity contribution is 5.69. The minimum absolute atomic E-state index is 0.0000581. The number of rotatable bonds is 7. The summed E-state index contributed by atoms with van der Waals surface area (Å²) in [5, 5.41) is 0. The Morgan fingerprint density at radius 3 is 2.32 bits per heavy atom. The van der Waals surface area contributed by atoms with Crippen molar-refractivity contribution in [1.29, 1.82) is 0 Å². The summed E-state index contributed by atoms with van der Waals surface area (Å²) in [6.07, 6.45) is -10.8. The summed E-state index contributed by atoms with van der Waals surface area (Å²) in [4.78, 5) is 11.3. The molecule has 1 aliphatic rings. The maximum atomic E-state index is 12.8. The Morgan fingerprint density at radius 2 is 1.82 bits per heavy atom. The van der Waals surface area contributed by atoms with Gasteiger partial charge in [-0.1, -0.05) is 6.92 Å². The van der Waals surface area contributed by atoms with Gasteiger partial charge in [-0.2, -0.15) is 22.0 Å². The molecule has 1 saturated heterocycles. The fourth-order valence-corrected chi connectivity index (χ4v) is 2.05. The molecule has 22 heavy (non-hydrogen) atoms. The van der Waals surface area contributed by atoms with Gasteiger partial charge in [0.25, 0.3) is 0 Å². The molecule has 130 valence electrons. The first-order valence-corrected chi connectivity index (χ1v) is 7.01. The summed E-state index contributed by atoms with van der Waals surface area (Å²) >= 11 is 0. The highest BCUT2D eigenvalue weighted by Gasteiger charge is 2.59. The minimum atomic E-state index is -5.80. The third-order valence-electron chi connectivity index (χ3n) is 3.30. The smallest absolute Gasteiger partial charge is 0.460 e. The van der Waals surface area contributed by atoms with Gasteiger partial charge in [0, 0.05) is 19.6 Å². The zero-order valence-electron chi connectivity index (χ0n) is 12.1. The molecule has 0 N–H and O–H groups in total. The van der Waals surface area contributed by atoms with Gasteiger partial charge in [-0.15, -0.1) is 0 Å². The Labute approximate surface area is 124 Å². The van der Waals surface area contributed by atoms with Gasteiger partial charge in [0.05, 0.1) is 6.61 Å². The molecule has 0 bridgehead atoms. The van der Waals surface area contributed by atoms with Gasteiger partial charge in [0.1, 0.15) is 6.10 Å². The van der Waals surface area contributed by atoms with E-state index in [1.54, 1.807) is 0 Å². The number of halogens is 5. The maximum absolute atomic E-state index is 12.8. The third kappa shape index (κ3) is 6.04. The zero-order chi connectivity index (χ0) is 16.8. The van der Waals surface area contributed by atoms with E-state index in [9.17, 15) is 26.7 Å². The van der Waals surface area contributed by atoms with E-state index in [0.29, 0.717) is 26.1 Å². The predicted molar refractivity (Wildman–Crippen MR) is 65.3 cm³/mol. The summed E-state index contributed by atoms with van der Waals surface area (Å²) in [6, 6.07) is 0. The molecule has 0 radical (unpaired) electrons. The third-order valence-corrected chi connectivity index (χ3v) is 3.30. The highest BCUT2D eigenvalue weighted by atomic mass is 19.4. The number of esters is 1. The molecule has 9 heteroatoms. The Balaban J connectivity index is 2.59. The van der Waals surface area contributed by atoms with Crippen LogP contribution in [-0.4, -0.2) is 44.2 Å². The Kier molecular flexibility index (Phi) is 6.98. The minimum Gasteiger partial charge on any atom is -0.460 e. The van der Waals surface area contributed by atoms with E-state index in [1.807, 2.05) is 0 Å². The first-order chi connectivity index (χ1) is 10.2. The van der Waals surface area contributed by atoms with E-state index in [0.717, 1.165) is 0 Å². The average molecular weight is 334 g/mol. The molecule has 1 fully saturated rings. The van der Waals surface area contributed by atoms with Crippen molar-refractivity contribution in [3.8, 4) is 0 Å². The van der Waals surface area contributed by atoms with Crippen molar-refractivity contribution in [2.75, 3.05) is 19.8 Å². The van der Waals surface area contributed by atoms with Gasteiger partial charge in [-0.3, -0.25) is 4.79 Å². The number of hydrogen-bond donors (Lipinski definition) is 0. The van der Waals surface area contributed by atoms with Gasteiger partial charge in [0.15, 0.2) is 0 Å². The SMILES string of the molecule is CCC(=O)OC(COC(F)(F)C(F)(F)F)CC1CCOCC1. The number of alkyl halides is 5. The van der Waals surface area contributed by atoms with Gasteiger partial charge in [-0.05, 0) is 25.2 Å². The lowest BCUT2D eigenvalue weighted by Gasteiger charge is -2.28. The fourth-order valence-electron chi connectivity index (χ4n) is 2.05. The molecule has 0 aliphatic carbocycles. The summed E-state index contributed by atoms with van der Waals surface area (Å²) in [7, 11) is 0. The number of hydrogen-bond acceptors (Lipinski definition) is 4. The van der Waals surface area contributed by atoms with Gasteiger partial charge >= 0.3 is 18.3 Å². The lowest BCUT2D eigenvalue weighted by Crippen LogP contribution is -2.42. The molecule has 0 spiro atoms. The van der Waals surface area contributed by atoms with Crippen molar-refractivity contribution >= 4 is 5.97 Å². The molecule has 0 aromatic rings. The van der Waals surface area contributed by atoms with Crippen LogP contribution in [0.1, 0.15) is 32.6 Å². The van der Waals surface area contributed by atoms with Gasteiger partial charge < -0.3 is 14.2 Å². The van der Waals surface area contributed by atoms with Crippen LogP contribution >= 0.6 is 0 Å². The molecular formula is C13H19F5O4. The van der Waals surface area contributed by atoms with Crippen molar-refractivity contribution in [2.45, 2.75) is 51.0 Å². The van der Waals surface area contributed by atoms with E-state index in [2.05, 4.69) is 4.74 Å². The van der Waals surface area contributed by atoms with Crippen LogP contribution in [0.3, 0.4) is 0 Å². The first kappa shape index (κ1) is 19.1. The van der Waals surface area contributed by atoms with Crippen LogP contribution in [0.5, 0.6) is 0 Å². The molecule has 1 atom stereocenters. The Bertz CT molecular complexity index is 353. The van der Waals surface area contributed by atoms with Gasteiger partial charge in [-0.25, -0.2) is 0 Å². The van der Waals surface area contributed by atoms with Crippen molar-refractivity contribution in [2.24, 2.45) is 5.92 Å². The first-order valence-electron chi connectivity index (χ1n) is 7.01. The molecule has 0 aromatic heterocycles. The van der Waals surface area contributed by atoms with Gasteiger partial charge in [0.2, 0.25) is 0 Å². The van der Waals surface area contributed by atoms with Crippen LogP contribution in [0.4, 0.5) is 22.0 Å². The van der Waals surface area contributed by atoms with Crippen LogP contribution in [0.2, 0.25) is 0 Å². The molecule has 0 saturated carbocycles. The van der Waals surface area contributed by atoms with E-state index in [-0.39, 0.29) is 18.8 Å².